The van der Waals surface area contributed by atoms with Crippen molar-refractivity contribution in [2.75, 3.05) is 11.4 Å². The molecule has 0 radical (unpaired) electrons. The van der Waals surface area contributed by atoms with Crippen molar-refractivity contribution < 1.29 is 18.8 Å². The molecule has 0 bridgehead atoms. The van der Waals surface area contributed by atoms with E-state index >= 15 is 0 Å². The first-order valence-electron chi connectivity index (χ1n) is 7.01. The summed E-state index contributed by atoms with van der Waals surface area (Å²) < 4.78 is 13.3. The van der Waals surface area contributed by atoms with E-state index in [-0.39, 0.29) is 29.7 Å². The average Bonchev–Trinajstić information content (AvgIpc) is 3.02. The minimum Gasteiger partial charge on any atom is -0.352 e. The van der Waals surface area contributed by atoms with Gasteiger partial charge in [0, 0.05) is 6.04 Å². The molecule has 1 saturated carbocycles. The van der Waals surface area contributed by atoms with Crippen LogP contribution >= 0.6 is 0 Å². The number of nitrogens with zero attached hydrogens (tertiary/aromatic N) is 1. The number of carbonyl (C=O) groups excluding carboxylic acids is 3. The quantitative estimate of drug-likeness (QED) is 0.856. The molecule has 2 aliphatic rings. The fourth-order valence-electron chi connectivity index (χ4n) is 2.91. The van der Waals surface area contributed by atoms with Crippen LogP contribution in [0.15, 0.2) is 18.2 Å². The van der Waals surface area contributed by atoms with Gasteiger partial charge in [-0.2, -0.15) is 0 Å². The van der Waals surface area contributed by atoms with Crippen LogP contribution in [0, 0.1) is 5.82 Å². The summed E-state index contributed by atoms with van der Waals surface area (Å²) in [5.74, 6) is -2.34. The Bertz CT molecular complexity index is 623. The smallest absolute Gasteiger partial charge is 0.299 e. The Morgan fingerprint density at radius 3 is 2.71 bits per heavy atom. The molecule has 1 heterocycles. The van der Waals surface area contributed by atoms with E-state index < -0.39 is 17.5 Å². The number of nitrogens with one attached hydrogen (secondary N) is 1. The van der Waals surface area contributed by atoms with Gasteiger partial charge in [-0.1, -0.05) is 12.8 Å². The highest BCUT2D eigenvalue weighted by atomic mass is 19.1. The molecule has 6 heteroatoms. The molecule has 1 aliphatic carbocycles. The van der Waals surface area contributed by atoms with Crippen LogP contribution in [0.5, 0.6) is 0 Å². The van der Waals surface area contributed by atoms with Gasteiger partial charge >= 0.3 is 0 Å². The molecule has 0 saturated heterocycles. The van der Waals surface area contributed by atoms with Gasteiger partial charge in [0.2, 0.25) is 5.91 Å². The number of hydrogen-bond acceptors (Lipinski definition) is 3. The van der Waals surface area contributed by atoms with Gasteiger partial charge in [-0.15, -0.1) is 0 Å². The molecule has 5 nitrogen and oxygen atoms in total. The van der Waals surface area contributed by atoms with Gasteiger partial charge in [-0.05, 0) is 31.0 Å². The van der Waals surface area contributed by atoms with Crippen molar-refractivity contribution in [1.82, 2.24) is 5.32 Å². The van der Waals surface area contributed by atoms with Crippen molar-refractivity contribution in [2.45, 2.75) is 31.7 Å². The van der Waals surface area contributed by atoms with Gasteiger partial charge in [0.05, 0.1) is 11.3 Å². The summed E-state index contributed by atoms with van der Waals surface area (Å²) in [4.78, 5) is 36.8. The monoisotopic (exact) mass is 290 g/mol. The van der Waals surface area contributed by atoms with E-state index in [1.807, 2.05) is 0 Å². The molecule has 21 heavy (non-hydrogen) atoms. The molecule has 0 unspecified atom stereocenters. The maximum Gasteiger partial charge on any atom is 0.299 e. The summed E-state index contributed by atoms with van der Waals surface area (Å²) in [6.45, 7) is -0.252. The topological polar surface area (TPSA) is 66.5 Å². The zero-order valence-electron chi connectivity index (χ0n) is 11.4. The number of anilines is 1. The number of fused-ring (bicyclic) bond motifs is 1. The highest BCUT2D eigenvalue weighted by Gasteiger charge is 2.37. The molecule has 1 fully saturated rings. The number of ketones is 1. The molecule has 0 spiro atoms. The average molecular weight is 290 g/mol. The molecule has 110 valence electrons. The lowest BCUT2D eigenvalue weighted by molar-refractivity contribution is -0.122. The van der Waals surface area contributed by atoms with E-state index in [4.69, 9.17) is 0 Å². The molecular formula is C15H15FN2O3. The largest absolute Gasteiger partial charge is 0.352 e. The van der Waals surface area contributed by atoms with Crippen molar-refractivity contribution in [3.8, 4) is 0 Å². The number of rotatable bonds is 3. The van der Waals surface area contributed by atoms with E-state index in [2.05, 4.69) is 5.32 Å². The maximum absolute atomic E-state index is 13.3. The maximum atomic E-state index is 13.3. The first kappa shape index (κ1) is 13.7. The van der Waals surface area contributed by atoms with Crippen LogP contribution in [0.1, 0.15) is 36.0 Å². The molecule has 3 rings (SSSR count). The number of carbonyl (C=O) groups is 3. The van der Waals surface area contributed by atoms with Crippen LogP contribution in [0.2, 0.25) is 0 Å². The van der Waals surface area contributed by atoms with Gasteiger partial charge in [-0.25, -0.2) is 4.39 Å². The molecule has 1 aromatic rings. The minimum atomic E-state index is -0.780. The van der Waals surface area contributed by atoms with Crippen LogP contribution in [0.4, 0.5) is 10.1 Å². The molecule has 1 N–H and O–H groups in total. The number of benzene rings is 1. The van der Waals surface area contributed by atoms with E-state index in [9.17, 15) is 18.8 Å². The van der Waals surface area contributed by atoms with E-state index in [1.54, 1.807) is 0 Å². The van der Waals surface area contributed by atoms with E-state index in [1.165, 1.54) is 6.07 Å². The highest BCUT2D eigenvalue weighted by Crippen LogP contribution is 2.29. The zero-order chi connectivity index (χ0) is 15.0. The molecular weight excluding hydrogens is 275 g/mol. The SMILES string of the molecule is O=C(CN1C(=O)C(=O)c2ccc(F)cc21)NC1CCCC1. The van der Waals surface area contributed by atoms with Crippen LogP contribution in [0.25, 0.3) is 0 Å². The third-order valence-electron chi connectivity index (χ3n) is 3.96. The first-order valence-corrected chi connectivity index (χ1v) is 7.01. The lowest BCUT2D eigenvalue weighted by Crippen LogP contribution is -2.43. The fourth-order valence-corrected chi connectivity index (χ4v) is 2.91. The summed E-state index contributed by atoms with van der Waals surface area (Å²) in [5, 5.41) is 2.85. The Balaban J connectivity index is 1.76. The summed E-state index contributed by atoms with van der Waals surface area (Å²) in [6.07, 6.45) is 4.04. The van der Waals surface area contributed by atoms with Crippen molar-refractivity contribution >= 4 is 23.3 Å². The number of halogens is 1. The molecule has 0 aromatic heterocycles. The van der Waals surface area contributed by atoms with Gasteiger partial charge in [-0.3, -0.25) is 19.3 Å². The third-order valence-corrected chi connectivity index (χ3v) is 3.96. The van der Waals surface area contributed by atoms with Crippen LogP contribution in [0.3, 0.4) is 0 Å². The Hall–Kier alpha value is -2.24. The molecule has 0 atom stereocenters. The first-order chi connectivity index (χ1) is 10.1. The second kappa shape index (κ2) is 5.27. The van der Waals surface area contributed by atoms with Gasteiger partial charge < -0.3 is 5.32 Å². The summed E-state index contributed by atoms with van der Waals surface area (Å²) in [6, 6.07) is 3.66. The van der Waals surface area contributed by atoms with Crippen LogP contribution < -0.4 is 10.2 Å². The second-order valence-corrected chi connectivity index (χ2v) is 5.43. The van der Waals surface area contributed by atoms with Crippen molar-refractivity contribution in [3.63, 3.8) is 0 Å². The number of Topliss-reactive ketones (excluding diaryl/α,β-unsaturated/α-hetero) is 1. The fraction of sp³-hybridized carbons (Fsp3) is 0.400. The summed E-state index contributed by atoms with van der Waals surface area (Å²) >= 11 is 0. The third kappa shape index (κ3) is 2.53. The van der Waals surface area contributed by atoms with Crippen molar-refractivity contribution in [2.24, 2.45) is 0 Å². The Morgan fingerprint density at radius 1 is 1.29 bits per heavy atom. The van der Waals surface area contributed by atoms with Crippen molar-refractivity contribution in [3.05, 3.63) is 29.6 Å². The molecule has 1 aliphatic heterocycles. The predicted octanol–water partition coefficient (Wildman–Crippen LogP) is 1.41. The Kier molecular flexibility index (Phi) is 3.45. The molecule has 1 aromatic carbocycles. The Labute approximate surface area is 121 Å². The lowest BCUT2D eigenvalue weighted by atomic mass is 10.1. The van der Waals surface area contributed by atoms with Gasteiger partial charge in [0.15, 0.2) is 0 Å². The van der Waals surface area contributed by atoms with Gasteiger partial charge in [0.1, 0.15) is 12.4 Å². The normalized spacial score (nSPS) is 18.2. The number of hydrogen-bond donors (Lipinski definition) is 1. The minimum absolute atomic E-state index is 0.137. The summed E-state index contributed by atoms with van der Waals surface area (Å²) in [7, 11) is 0. The molecule has 2 amide bonds. The number of amides is 2. The zero-order valence-corrected chi connectivity index (χ0v) is 11.4. The standard InChI is InChI=1S/C15H15FN2O3/c16-9-5-6-11-12(7-9)18(15(21)14(11)20)8-13(19)17-10-3-1-2-4-10/h5-7,10H,1-4,8H2,(H,17,19). The summed E-state index contributed by atoms with van der Waals surface area (Å²) in [5.41, 5.74) is 0.321. The van der Waals surface area contributed by atoms with E-state index in [0.29, 0.717) is 0 Å². The van der Waals surface area contributed by atoms with Gasteiger partial charge in [0.25, 0.3) is 11.7 Å². The highest BCUT2D eigenvalue weighted by molar-refractivity contribution is 6.52. The van der Waals surface area contributed by atoms with Crippen LogP contribution in [-0.4, -0.2) is 30.2 Å². The van der Waals surface area contributed by atoms with Crippen LogP contribution in [-0.2, 0) is 9.59 Å². The van der Waals surface area contributed by atoms with E-state index in [0.717, 1.165) is 42.7 Å². The second-order valence-electron chi connectivity index (χ2n) is 5.43. The van der Waals surface area contributed by atoms with Crippen molar-refractivity contribution in [1.29, 1.82) is 0 Å². The lowest BCUT2D eigenvalue weighted by Gasteiger charge is -2.18. The Morgan fingerprint density at radius 2 is 2.00 bits per heavy atom. The predicted molar refractivity (Wildman–Crippen MR) is 73.5 cm³/mol.